The van der Waals surface area contributed by atoms with Gasteiger partial charge in [0.25, 0.3) is 0 Å². The molecule has 1 rings (SSSR count). The highest BCUT2D eigenvalue weighted by Gasteiger charge is 2.08. The zero-order valence-electron chi connectivity index (χ0n) is 22.6. The van der Waals surface area contributed by atoms with Gasteiger partial charge >= 0.3 is 5.97 Å². The van der Waals surface area contributed by atoms with Crippen molar-refractivity contribution in [2.75, 3.05) is 11.9 Å². The number of benzene rings is 1. The van der Waals surface area contributed by atoms with E-state index in [1.54, 1.807) is 6.07 Å². The van der Waals surface area contributed by atoms with Crippen LogP contribution in [0.5, 0.6) is 5.75 Å². The number of unbranched alkanes of at least 4 members (excludes halogenated alkanes) is 14. The van der Waals surface area contributed by atoms with Crippen LogP contribution in [0.4, 0.5) is 5.69 Å². The van der Waals surface area contributed by atoms with Crippen molar-refractivity contribution in [2.24, 2.45) is 0 Å². The molecule has 0 aliphatic carbocycles. The van der Waals surface area contributed by atoms with Crippen molar-refractivity contribution in [3.63, 3.8) is 0 Å². The number of nitrogens with one attached hydrogen (secondary N) is 1. The van der Waals surface area contributed by atoms with Gasteiger partial charge in [-0.3, -0.25) is 9.59 Å². The van der Waals surface area contributed by atoms with Gasteiger partial charge in [-0.05, 0) is 36.6 Å². The van der Waals surface area contributed by atoms with Crippen molar-refractivity contribution in [2.45, 2.75) is 134 Å². The van der Waals surface area contributed by atoms with E-state index >= 15 is 0 Å². The molecule has 1 atom stereocenters. The number of para-hydroxylation sites is 2. The maximum Gasteiger partial charge on any atom is 0.303 e. The molecule has 0 saturated heterocycles. The Morgan fingerprint density at radius 2 is 1.28 bits per heavy atom. The van der Waals surface area contributed by atoms with E-state index in [2.05, 4.69) is 24.9 Å². The number of rotatable bonds is 24. The predicted molar refractivity (Wildman–Crippen MR) is 154 cm³/mol. The molecule has 2 N–H and O–H groups in total. The highest BCUT2D eigenvalue weighted by atomic mass is 32.1. The quantitative estimate of drug-likeness (QED) is 0.0938. The standard InChI is InChI=1S/C30H51NO4S/c1-26(36)20-15-13-11-9-7-5-3-2-4-6-8-10-12-14-16-23-29(32)31-27-21-17-18-22-28(27)35-25-19-24-30(33)34/h17-18,21-22,26,36H,2-16,19-20,23-25H2,1H3,(H,31,32)(H,33,34). The Bertz CT molecular complexity index is 695. The maximum absolute atomic E-state index is 12.3. The van der Waals surface area contributed by atoms with Crippen LogP contribution in [0.3, 0.4) is 0 Å². The van der Waals surface area contributed by atoms with Crippen LogP contribution in [0.2, 0.25) is 0 Å². The lowest BCUT2D eigenvalue weighted by atomic mass is 10.0. The van der Waals surface area contributed by atoms with Crippen molar-refractivity contribution in [1.82, 2.24) is 0 Å². The molecule has 0 radical (unpaired) electrons. The van der Waals surface area contributed by atoms with Gasteiger partial charge in [0.05, 0.1) is 12.3 Å². The number of hydrogen-bond acceptors (Lipinski definition) is 4. The summed E-state index contributed by atoms with van der Waals surface area (Å²) in [7, 11) is 0. The van der Waals surface area contributed by atoms with E-state index in [4.69, 9.17) is 9.84 Å². The molecule has 206 valence electrons. The molecule has 0 spiro atoms. The Labute approximate surface area is 225 Å². The van der Waals surface area contributed by atoms with Crippen LogP contribution in [0.25, 0.3) is 0 Å². The Balaban J connectivity index is 1.93. The molecule has 6 heteroatoms. The topological polar surface area (TPSA) is 75.6 Å². The number of carboxylic acids is 1. The summed E-state index contributed by atoms with van der Waals surface area (Å²) >= 11 is 4.44. The average molecular weight is 522 g/mol. The number of ether oxygens (including phenoxy) is 1. The summed E-state index contributed by atoms with van der Waals surface area (Å²) in [4.78, 5) is 22.9. The fraction of sp³-hybridized carbons (Fsp3) is 0.733. The lowest BCUT2D eigenvalue weighted by molar-refractivity contribution is -0.137. The summed E-state index contributed by atoms with van der Waals surface area (Å²) in [6.07, 6.45) is 21.8. The van der Waals surface area contributed by atoms with Gasteiger partial charge < -0.3 is 15.2 Å². The minimum absolute atomic E-state index is 0.00356. The Morgan fingerprint density at radius 1 is 0.778 bits per heavy atom. The molecular formula is C30H51NO4S. The molecule has 36 heavy (non-hydrogen) atoms. The van der Waals surface area contributed by atoms with E-state index in [1.165, 1.54) is 89.9 Å². The van der Waals surface area contributed by atoms with Gasteiger partial charge in [0, 0.05) is 12.8 Å². The molecule has 0 saturated carbocycles. The van der Waals surface area contributed by atoms with Crippen LogP contribution < -0.4 is 10.1 Å². The molecular weight excluding hydrogens is 470 g/mol. The first-order valence-corrected chi connectivity index (χ1v) is 14.9. The van der Waals surface area contributed by atoms with E-state index in [1.807, 2.05) is 18.2 Å². The van der Waals surface area contributed by atoms with Crippen molar-refractivity contribution >= 4 is 30.2 Å². The second kappa shape index (κ2) is 22.5. The third-order valence-electron chi connectivity index (χ3n) is 6.48. The van der Waals surface area contributed by atoms with Gasteiger partial charge in [-0.25, -0.2) is 0 Å². The van der Waals surface area contributed by atoms with E-state index in [9.17, 15) is 9.59 Å². The van der Waals surface area contributed by atoms with Crippen molar-refractivity contribution < 1.29 is 19.4 Å². The largest absolute Gasteiger partial charge is 0.491 e. The van der Waals surface area contributed by atoms with Crippen molar-refractivity contribution in [3.8, 4) is 5.75 Å². The van der Waals surface area contributed by atoms with Gasteiger partial charge in [-0.1, -0.05) is 109 Å². The molecule has 1 aromatic rings. The first-order valence-electron chi connectivity index (χ1n) is 14.4. The van der Waals surface area contributed by atoms with E-state index in [-0.39, 0.29) is 12.3 Å². The van der Waals surface area contributed by atoms with Crippen LogP contribution in [-0.4, -0.2) is 28.8 Å². The number of carbonyl (C=O) groups is 2. The average Bonchev–Trinajstić information content (AvgIpc) is 2.84. The zero-order valence-corrected chi connectivity index (χ0v) is 23.5. The first kappa shape index (κ1) is 32.3. The number of anilines is 1. The molecule has 0 bridgehead atoms. The van der Waals surface area contributed by atoms with Gasteiger partial charge in [0.15, 0.2) is 0 Å². The van der Waals surface area contributed by atoms with E-state index in [0.29, 0.717) is 36.1 Å². The summed E-state index contributed by atoms with van der Waals surface area (Å²) in [6.45, 7) is 2.50. The first-order chi connectivity index (χ1) is 17.5. The molecule has 0 aliphatic rings. The normalized spacial score (nSPS) is 11.8. The molecule has 0 aliphatic heterocycles. The van der Waals surface area contributed by atoms with Crippen LogP contribution >= 0.6 is 12.6 Å². The number of amides is 1. The summed E-state index contributed by atoms with van der Waals surface area (Å²) in [5.74, 6) is -0.239. The Kier molecular flexibility index (Phi) is 20.2. The molecule has 0 fully saturated rings. The third-order valence-corrected chi connectivity index (χ3v) is 6.74. The van der Waals surface area contributed by atoms with Gasteiger partial charge in [-0.15, -0.1) is 0 Å². The van der Waals surface area contributed by atoms with Gasteiger partial charge in [0.2, 0.25) is 5.91 Å². The SMILES string of the molecule is CC(S)CCCCCCCCCCCCCCCCCC(=O)Nc1ccccc1OCCCC(=O)O. The van der Waals surface area contributed by atoms with Crippen LogP contribution in [0.15, 0.2) is 24.3 Å². The second-order valence-corrected chi connectivity index (χ2v) is 11.0. The minimum Gasteiger partial charge on any atom is -0.491 e. The molecule has 1 aromatic carbocycles. The zero-order chi connectivity index (χ0) is 26.3. The summed E-state index contributed by atoms with van der Waals surface area (Å²) in [5.41, 5.74) is 0.650. The highest BCUT2D eigenvalue weighted by Crippen LogP contribution is 2.24. The predicted octanol–water partition coefficient (Wildman–Crippen LogP) is 8.82. The number of aliphatic carboxylic acids is 1. The van der Waals surface area contributed by atoms with Gasteiger partial charge in [0.1, 0.15) is 5.75 Å². The number of carboxylic acid groups (broad SMARTS) is 1. The lowest BCUT2D eigenvalue weighted by Crippen LogP contribution is -2.12. The molecule has 0 heterocycles. The summed E-state index contributed by atoms with van der Waals surface area (Å²) in [6, 6.07) is 7.31. The number of carbonyl (C=O) groups excluding carboxylic acids is 1. The number of thiol groups is 1. The fourth-order valence-corrected chi connectivity index (χ4v) is 4.52. The van der Waals surface area contributed by atoms with Gasteiger partial charge in [-0.2, -0.15) is 12.6 Å². The third kappa shape index (κ3) is 19.5. The van der Waals surface area contributed by atoms with E-state index < -0.39 is 5.97 Å². The molecule has 1 amide bonds. The minimum atomic E-state index is -0.831. The molecule has 1 unspecified atom stereocenters. The lowest BCUT2D eigenvalue weighted by Gasteiger charge is -2.12. The Hall–Kier alpha value is -1.69. The van der Waals surface area contributed by atoms with E-state index in [0.717, 1.165) is 12.8 Å². The fourth-order valence-electron chi connectivity index (χ4n) is 4.34. The Morgan fingerprint density at radius 3 is 1.81 bits per heavy atom. The highest BCUT2D eigenvalue weighted by molar-refractivity contribution is 7.80. The van der Waals surface area contributed by atoms with Crippen LogP contribution in [0.1, 0.15) is 129 Å². The maximum atomic E-state index is 12.3. The molecule has 0 aromatic heterocycles. The van der Waals surface area contributed by atoms with Crippen LogP contribution in [0, 0.1) is 0 Å². The van der Waals surface area contributed by atoms with Crippen molar-refractivity contribution in [1.29, 1.82) is 0 Å². The monoisotopic (exact) mass is 521 g/mol. The molecule has 5 nitrogen and oxygen atoms in total. The summed E-state index contributed by atoms with van der Waals surface area (Å²) < 4.78 is 5.65. The van der Waals surface area contributed by atoms with Crippen LogP contribution in [-0.2, 0) is 9.59 Å². The smallest absolute Gasteiger partial charge is 0.303 e. The number of hydrogen-bond donors (Lipinski definition) is 3. The summed E-state index contributed by atoms with van der Waals surface area (Å²) in [5, 5.41) is 12.2. The van der Waals surface area contributed by atoms with Crippen molar-refractivity contribution in [3.05, 3.63) is 24.3 Å². The second-order valence-electron chi connectivity index (χ2n) is 10.1.